The number of nitrogens with zero attached hydrogens (tertiary/aromatic N) is 6. The first-order valence-electron chi connectivity index (χ1n) is 5.52. The summed E-state index contributed by atoms with van der Waals surface area (Å²) in [6.07, 6.45) is 2.77. The average molecular weight is 234 g/mol. The SMILES string of the molecule is Cn1cc(-c2nc(N3CCC(N)C3)n[nH]2)nn1. The Kier molecular flexibility index (Phi) is 2.29. The van der Waals surface area contributed by atoms with Gasteiger partial charge in [-0.1, -0.05) is 5.21 Å². The maximum atomic E-state index is 5.85. The van der Waals surface area contributed by atoms with Crippen molar-refractivity contribution in [3.05, 3.63) is 6.20 Å². The molecule has 1 saturated heterocycles. The summed E-state index contributed by atoms with van der Waals surface area (Å²) in [4.78, 5) is 6.47. The van der Waals surface area contributed by atoms with Crippen LogP contribution in [0.1, 0.15) is 6.42 Å². The quantitative estimate of drug-likeness (QED) is 0.701. The van der Waals surface area contributed by atoms with Gasteiger partial charge in [-0.3, -0.25) is 9.78 Å². The van der Waals surface area contributed by atoms with Crippen LogP contribution in [0.4, 0.5) is 5.95 Å². The predicted octanol–water partition coefficient (Wildman–Crippen LogP) is -0.862. The molecule has 2 aromatic heterocycles. The topological polar surface area (TPSA) is 102 Å². The second kappa shape index (κ2) is 3.81. The Bertz CT molecular complexity index is 515. The minimum Gasteiger partial charge on any atom is -0.338 e. The summed E-state index contributed by atoms with van der Waals surface area (Å²) in [6.45, 7) is 1.71. The smallest absolute Gasteiger partial charge is 0.245 e. The molecule has 1 aliphatic heterocycles. The van der Waals surface area contributed by atoms with Crippen LogP contribution in [-0.4, -0.2) is 49.3 Å². The van der Waals surface area contributed by atoms with Gasteiger partial charge >= 0.3 is 0 Å². The van der Waals surface area contributed by atoms with Crippen molar-refractivity contribution in [1.82, 2.24) is 30.2 Å². The van der Waals surface area contributed by atoms with E-state index in [9.17, 15) is 0 Å². The molecule has 8 nitrogen and oxygen atoms in total. The third-order valence-electron chi connectivity index (χ3n) is 2.83. The Morgan fingerprint density at radius 3 is 3.06 bits per heavy atom. The highest BCUT2D eigenvalue weighted by Gasteiger charge is 2.22. The summed E-state index contributed by atoms with van der Waals surface area (Å²) in [5.74, 6) is 1.31. The lowest BCUT2D eigenvalue weighted by Crippen LogP contribution is -2.26. The van der Waals surface area contributed by atoms with E-state index in [2.05, 4.69) is 30.4 Å². The fraction of sp³-hybridized carbons (Fsp3) is 0.556. The van der Waals surface area contributed by atoms with Crippen LogP contribution in [0.15, 0.2) is 6.20 Å². The molecule has 0 amide bonds. The molecule has 0 bridgehead atoms. The summed E-state index contributed by atoms with van der Waals surface area (Å²) in [5.41, 5.74) is 6.54. The summed E-state index contributed by atoms with van der Waals surface area (Å²) < 4.78 is 1.63. The van der Waals surface area contributed by atoms with Gasteiger partial charge in [-0.25, -0.2) is 0 Å². The molecule has 0 aliphatic carbocycles. The third-order valence-corrected chi connectivity index (χ3v) is 2.83. The van der Waals surface area contributed by atoms with Crippen molar-refractivity contribution in [2.75, 3.05) is 18.0 Å². The van der Waals surface area contributed by atoms with Gasteiger partial charge in [0.25, 0.3) is 0 Å². The Morgan fingerprint density at radius 2 is 2.41 bits per heavy atom. The standard InChI is InChI=1S/C9H14N8/c1-16-5-7(12-15-16)8-11-9(14-13-8)17-3-2-6(10)4-17/h5-6H,2-4,10H2,1H3,(H,11,13,14). The summed E-state index contributed by atoms with van der Waals surface area (Å²) >= 11 is 0. The van der Waals surface area contributed by atoms with Crippen molar-refractivity contribution in [3.8, 4) is 11.5 Å². The average Bonchev–Trinajstić information content (AvgIpc) is 2.96. The van der Waals surface area contributed by atoms with E-state index in [0.717, 1.165) is 19.5 Å². The highest BCUT2D eigenvalue weighted by Crippen LogP contribution is 2.18. The lowest BCUT2D eigenvalue weighted by Gasteiger charge is -2.11. The molecule has 0 aromatic carbocycles. The van der Waals surface area contributed by atoms with E-state index in [0.29, 0.717) is 17.5 Å². The van der Waals surface area contributed by atoms with E-state index in [-0.39, 0.29) is 6.04 Å². The largest absolute Gasteiger partial charge is 0.338 e. The van der Waals surface area contributed by atoms with Gasteiger partial charge in [0.05, 0.1) is 6.20 Å². The summed E-state index contributed by atoms with van der Waals surface area (Å²) in [6, 6.07) is 0.216. The van der Waals surface area contributed by atoms with Crippen molar-refractivity contribution in [2.45, 2.75) is 12.5 Å². The number of anilines is 1. The molecule has 17 heavy (non-hydrogen) atoms. The maximum Gasteiger partial charge on any atom is 0.245 e. The van der Waals surface area contributed by atoms with E-state index < -0.39 is 0 Å². The van der Waals surface area contributed by atoms with Crippen LogP contribution in [0, 0.1) is 0 Å². The van der Waals surface area contributed by atoms with Crippen LogP contribution in [-0.2, 0) is 7.05 Å². The molecule has 1 fully saturated rings. The monoisotopic (exact) mass is 234 g/mol. The summed E-state index contributed by atoms with van der Waals surface area (Å²) in [5, 5.41) is 14.9. The molecule has 3 N–H and O–H groups in total. The second-order valence-electron chi connectivity index (χ2n) is 4.26. The molecule has 1 aliphatic rings. The molecular formula is C9H14N8. The van der Waals surface area contributed by atoms with Crippen LogP contribution in [0.25, 0.3) is 11.5 Å². The maximum absolute atomic E-state index is 5.85. The number of hydrogen-bond acceptors (Lipinski definition) is 6. The minimum absolute atomic E-state index is 0.216. The number of aromatic amines is 1. The molecule has 0 spiro atoms. The molecule has 1 atom stereocenters. The van der Waals surface area contributed by atoms with Gasteiger partial charge in [0.15, 0.2) is 5.82 Å². The van der Waals surface area contributed by atoms with Gasteiger partial charge in [-0.15, -0.1) is 10.2 Å². The Morgan fingerprint density at radius 1 is 1.53 bits per heavy atom. The molecule has 1 unspecified atom stereocenters. The van der Waals surface area contributed by atoms with Gasteiger partial charge in [0.1, 0.15) is 5.69 Å². The number of nitrogens with two attached hydrogens (primary N) is 1. The van der Waals surface area contributed by atoms with Crippen molar-refractivity contribution >= 4 is 5.95 Å². The van der Waals surface area contributed by atoms with E-state index in [1.54, 1.807) is 10.9 Å². The van der Waals surface area contributed by atoms with Gasteiger partial charge in [0.2, 0.25) is 5.95 Å². The predicted molar refractivity (Wildman–Crippen MR) is 61.2 cm³/mol. The molecule has 3 heterocycles. The number of aryl methyl sites for hydroxylation is 1. The lowest BCUT2D eigenvalue weighted by atomic mass is 10.3. The highest BCUT2D eigenvalue weighted by molar-refractivity contribution is 5.49. The zero-order chi connectivity index (χ0) is 11.8. The first-order valence-corrected chi connectivity index (χ1v) is 5.52. The van der Waals surface area contributed by atoms with E-state index in [1.807, 2.05) is 7.05 Å². The van der Waals surface area contributed by atoms with Gasteiger partial charge in [-0.2, -0.15) is 4.98 Å². The Balaban J connectivity index is 1.83. The third kappa shape index (κ3) is 1.86. The van der Waals surface area contributed by atoms with Crippen LogP contribution >= 0.6 is 0 Å². The first-order chi connectivity index (χ1) is 8.22. The van der Waals surface area contributed by atoms with Crippen LogP contribution < -0.4 is 10.6 Å². The lowest BCUT2D eigenvalue weighted by molar-refractivity contribution is 0.715. The van der Waals surface area contributed by atoms with Crippen LogP contribution in [0.3, 0.4) is 0 Å². The number of hydrogen-bond donors (Lipinski definition) is 2. The molecule has 8 heteroatoms. The Labute approximate surface area is 97.8 Å². The highest BCUT2D eigenvalue weighted by atomic mass is 15.4. The normalized spacial score (nSPS) is 20.1. The van der Waals surface area contributed by atoms with E-state index in [4.69, 9.17) is 5.73 Å². The van der Waals surface area contributed by atoms with Crippen molar-refractivity contribution in [2.24, 2.45) is 12.8 Å². The number of aromatic nitrogens is 6. The zero-order valence-corrected chi connectivity index (χ0v) is 9.54. The molecular weight excluding hydrogens is 220 g/mol. The fourth-order valence-electron chi connectivity index (χ4n) is 1.93. The van der Waals surface area contributed by atoms with Crippen LogP contribution in [0.5, 0.6) is 0 Å². The first kappa shape index (κ1) is 10.2. The molecule has 2 aromatic rings. The molecule has 90 valence electrons. The van der Waals surface area contributed by atoms with Gasteiger partial charge in [-0.05, 0) is 6.42 Å². The number of rotatable bonds is 2. The molecule has 3 rings (SSSR count). The van der Waals surface area contributed by atoms with Gasteiger partial charge < -0.3 is 10.6 Å². The van der Waals surface area contributed by atoms with E-state index >= 15 is 0 Å². The number of nitrogens with one attached hydrogen (secondary N) is 1. The summed E-state index contributed by atoms with van der Waals surface area (Å²) in [7, 11) is 1.81. The van der Waals surface area contributed by atoms with Gasteiger partial charge in [0, 0.05) is 26.2 Å². The minimum atomic E-state index is 0.216. The molecule has 0 radical (unpaired) electrons. The van der Waals surface area contributed by atoms with Crippen molar-refractivity contribution in [1.29, 1.82) is 0 Å². The zero-order valence-electron chi connectivity index (χ0n) is 9.54. The molecule has 0 saturated carbocycles. The Hall–Kier alpha value is -1.96. The van der Waals surface area contributed by atoms with Crippen LogP contribution in [0.2, 0.25) is 0 Å². The fourth-order valence-corrected chi connectivity index (χ4v) is 1.93. The number of H-pyrrole nitrogens is 1. The van der Waals surface area contributed by atoms with E-state index in [1.165, 1.54) is 0 Å². The van der Waals surface area contributed by atoms with Crippen molar-refractivity contribution in [3.63, 3.8) is 0 Å². The second-order valence-corrected chi connectivity index (χ2v) is 4.26. The van der Waals surface area contributed by atoms with Crippen molar-refractivity contribution < 1.29 is 0 Å².